The molecule has 25 heavy (non-hydrogen) atoms. The number of rotatable bonds is 5. The third kappa shape index (κ3) is 4.24. The van der Waals surface area contributed by atoms with E-state index in [9.17, 15) is 9.59 Å². The fraction of sp³-hybridized carbons (Fsp3) is 0.706. The predicted octanol–water partition coefficient (Wildman–Crippen LogP) is 0.284. The number of nitrogens with one attached hydrogen (secondary N) is 1. The Hall–Kier alpha value is -1.38. The summed E-state index contributed by atoms with van der Waals surface area (Å²) in [7, 11) is 0. The molecule has 138 valence electrons. The van der Waals surface area contributed by atoms with Crippen molar-refractivity contribution in [3.05, 3.63) is 21.6 Å². The van der Waals surface area contributed by atoms with E-state index in [2.05, 4.69) is 15.2 Å². The Kier molecular flexibility index (Phi) is 6.14. The standard InChI is InChI=1S/C17H26N4O3S/c1-3-14-12(2)19-17-21(16(14)23)10-13(11-25-17)15(22)18-4-5-20-6-8-24-9-7-20/h13H,3-11H2,1-2H3,(H,18,22). The number of hydrogen-bond acceptors (Lipinski definition) is 6. The molecule has 0 aromatic carbocycles. The maximum Gasteiger partial charge on any atom is 0.257 e. The van der Waals surface area contributed by atoms with Gasteiger partial charge in [0, 0.05) is 49.7 Å². The fourth-order valence-electron chi connectivity index (χ4n) is 3.27. The van der Waals surface area contributed by atoms with Crippen LogP contribution < -0.4 is 10.9 Å². The molecule has 0 radical (unpaired) electrons. The molecule has 2 aliphatic rings. The molecule has 1 amide bonds. The van der Waals surface area contributed by atoms with Crippen LogP contribution in [0.4, 0.5) is 0 Å². The third-order valence-electron chi connectivity index (χ3n) is 4.81. The zero-order valence-electron chi connectivity index (χ0n) is 14.9. The first-order chi connectivity index (χ1) is 12.1. The molecule has 1 aromatic heterocycles. The summed E-state index contributed by atoms with van der Waals surface area (Å²) in [6.07, 6.45) is 0.666. The minimum absolute atomic E-state index is 0.00307. The zero-order chi connectivity index (χ0) is 17.8. The molecule has 3 heterocycles. The minimum atomic E-state index is -0.186. The van der Waals surface area contributed by atoms with Crippen molar-refractivity contribution in [2.45, 2.75) is 32.0 Å². The average Bonchev–Trinajstić information content (AvgIpc) is 2.62. The molecule has 7 nitrogen and oxygen atoms in total. The number of carbonyl (C=O) groups excluding carboxylic acids is 1. The normalized spacial score (nSPS) is 21.0. The van der Waals surface area contributed by atoms with Crippen LogP contribution in [-0.4, -0.2) is 65.5 Å². The van der Waals surface area contributed by atoms with Crippen LogP contribution in [0.5, 0.6) is 0 Å². The van der Waals surface area contributed by atoms with Gasteiger partial charge in [-0.05, 0) is 13.3 Å². The Morgan fingerprint density at radius 3 is 2.88 bits per heavy atom. The first-order valence-electron chi connectivity index (χ1n) is 8.91. The minimum Gasteiger partial charge on any atom is -0.379 e. The Morgan fingerprint density at radius 2 is 2.16 bits per heavy atom. The van der Waals surface area contributed by atoms with Gasteiger partial charge in [0.25, 0.3) is 5.56 Å². The monoisotopic (exact) mass is 366 g/mol. The van der Waals surface area contributed by atoms with Gasteiger partial charge in [-0.15, -0.1) is 0 Å². The molecular weight excluding hydrogens is 340 g/mol. The van der Waals surface area contributed by atoms with Gasteiger partial charge in [0.05, 0.1) is 19.1 Å². The van der Waals surface area contributed by atoms with Gasteiger partial charge in [-0.2, -0.15) is 0 Å². The summed E-state index contributed by atoms with van der Waals surface area (Å²) in [4.78, 5) is 31.9. The van der Waals surface area contributed by atoms with E-state index in [1.165, 1.54) is 11.8 Å². The number of ether oxygens (including phenoxy) is 1. The van der Waals surface area contributed by atoms with Crippen molar-refractivity contribution in [1.29, 1.82) is 0 Å². The largest absolute Gasteiger partial charge is 0.379 e. The molecule has 3 rings (SSSR count). The molecule has 0 spiro atoms. The molecule has 1 atom stereocenters. The van der Waals surface area contributed by atoms with Gasteiger partial charge in [0.2, 0.25) is 5.91 Å². The molecule has 1 N–H and O–H groups in total. The van der Waals surface area contributed by atoms with Crippen LogP contribution in [0.25, 0.3) is 0 Å². The molecule has 0 aliphatic carbocycles. The molecule has 0 bridgehead atoms. The van der Waals surface area contributed by atoms with Crippen LogP contribution in [0.2, 0.25) is 0 Å². The van der Waals surface area contributed by atoms with Crippen molar-refractivity contribution >= 4 is 17.7 Å². The predicted molar refractivity (Wildman–Crippen MR) is 97.1 cm³/mol. The van der Waals surface area contributed by atoms with Crippen LogP contribution in [0.15, 0.2) is 9.95 Å². The number of aromatic nitrogens is 2. The molecule has 1 fully saturated rings. The molecule has 1 aromatic rings. The molecule has 1 saturated heterocycles. The molecular formula is C17H26N4O3S. The van der Waals surface area contributed by atoms with E-state index in [0.29, 0.717) is 25.3 Å². The van der Waals surface area contributed by atoms with E-state index < -0.39 is 0 Å². The van der Waals surface area contributed by atoms with Gasteiger partial charge in [-0.25, -0.2) is 4.98 Å². The third-order valence-corrected chi connectivity index (χ3v) is 5.95. The van der Waals surface area contributed by atoms with Gasteiger partial charge < -0.3 is 10.1 Å². The average molecular weight is 366 g/mol. The Bertz CT molecular complexity index is 685. The molecule has 8 heteroatoms. The van der Waals surface area contributed by atoms with Crippen LogP contribution >= 0.6 is 11.8 Å². The number of carbonyl (C=O) groups is 1. The van der Waals surface area contributed by atoms with E-state index in [0.717, 1.165) is 49.3 Å². The summed E-state index contributed by atoms with van der Waals surface area (Å²) in [5.41, 5.74) is 1.56. The number of nitrogens with zero attached hydrogens (tertiary/aromatic N) is 3. The summed E-state index contributed by atoms with van der Waals surface area (Å²) >= 11 is 1.50. The topological polar surface area (TPSA) is 76.5 Å². The molecule has 0 saturated carbocycles. The highest BCUT2D eigenvalue weighted by atomic mass is 32.2. The summed E-state index contributed by atoms with van der Waals surface area (Å²) in [6.45, 7) is 9.10. The van der Waals surface area contributed by atoms with Crippen molar-refractivity contribution in [3.8, 4) is 0 Å². The first kappa shape index (κ1) is 18.4. The lowest BCUT2D eigenvalue weighted by Gasteiger charge is -2.28. The SMILES string of the molecule is CCc1c(C)nc2n(c1=O)CC(C(=O)NCCN1CCOCC1)CS2. The number of aryl methyl sites for hydroxylation is 1. The second kappa shape index (κ2) is 8.33. The van der Waals surface area contributed by atoms with Gasteiger partial charge in [-0.3, -0.25) is 19.1 Å². The van der Waals surface area contributed by atoms with Crippen molar-refractivity contribution < 1.29 is 9.53 Å². The number of thioether (sulfide) groups is 1. The maximum atomic E-state index is 12.6. The zero-order valence-corrected chi connectivity index (χ0v) is 15.7. The van der Waals surface area contributed by atoms with E-state index in [4.69, 9.17) is 4.74 Å². The number of morpholine rings is 1. The lowest BCUT2D eigenvalue weighted by atomic mass is 10.1. The highest BCUT2D eigenvalue weighted by Gasteiger charge is 2.27. The van der Waals surface area contributed by atoms with Crippen LogP contribution in [-0.2, 0) is 22.5 Å². The first-order valence-corrected chi connectivity index (χ1v) is 9.89. The van der Waals surface area contributed by atoms with Gasteiger partial charge >= 0.3 is 0 Å². The van der Waals surface area contributed by atoms with Crippen molar-refractivity contribution in [2.75, 3.05) is 45.1 Å². The summed E-state index contributed by atoms with van der Waals surface area (Å²) in [5, 5.41) is 3.75. The van der Waals surface area contributed by atoms with Crippen molar-refractivity contribution in [1.82, 2.24) is 19.8 Å². The van der Waals surface area contributed by atoms with Gasteiger partial charge in [-0.1, -0.05) is 18.7 Å². The second-order valence-electron chi connectivity index (χ2n) is 6.48. The molecule has 2 aliphatic heterocycles. The Balaban J connectivity index is 1.58. The maximum absolute atomic E-state index is 12.6. The summed E-state index contributed by atoms with van der Waals surface area (Å²) < 4.78 is 7.00. The number of amides is 1. The fourth-order valence-corrected chi connectivity index (χ4v) is 4.39. The van der Waals surface area contributed by atoms with Crippen LogP contribution in [0.1, 0.15) is 18.2 Å². The lowest BCUT2D eigenvalue weighted by Crippen LogP contribution is -2.44. The highest BCUT2D eigenvalue weighted by molar-refractivity contribution is 7.99. The van der Waals surface area contributed by atoms with Gasteiger partial charge in [0.1, 0.15) is 0 Å². The van der Waals surface area contributed by atoms with Crippen molar-refractivity contribution in [3.63, 3.8) is 0 Å². The van der Waals surface area contributed by atoms with Gasteiger partial charge in [0.15, 0.2) is 5.16 Å². The van der Waals surface area contributed by atoms with Crippen LogP contribution in [0, 0.1) is 12.8 Å². The Morgan fingerprint density at radius 1 is 1.40 bits per heavy atom. The highest BCUT2D eigenvalue weighted by Crippen LogP contribution is 2.25. The number of hydrogen-bond donors (Lipinski definition) is 1. The second-order valence-corrected chi connectivity index (χ2v) is 7.47. The van der Waals surface area contributed by atoms with E-state index in [-0.39, 0.29) is 17.4 Å². The quantitative estimate of drug-likeness (QED) is 0.755. The lowest BCUT2D eigenvalue weighted by molar-refractivity contribution is -0.124. The smallest absolute Gasteiger partial charge is 0.257 e. The Labute approximate surface area is 152 Å². The number of fused-ring (bicyclic) bond motifs is 1. The van der Waals surface area contributed by atoms with Crippen molar-refractivity contribution in [2.24, 2.45) is 5.92 Å². The van der Waals surface area contributed by atoms with E-state index in [1.807, 2.05) is 13.8 Å². The van der Waals surface area contributed by atoms with Crippen LogP contribution in [0.3, 0.4) is 0 Å². The summed E-state index contributed by atoms with van der Waals surface area (Å²) in [6, 6.07) is 0. The van der Waals surface area contributed by atoms with E-state index in [1.54, 1.807) is 4.57 Å². The summed E-state index contributed by atoms with van der Waals surface area (Å²) in [5.74, 6) is 0.506. The molecule has 1 unspecified atom stereocenters. The van der Waals surface area contributed by atoms with E-state index >= 15 is 0 Å².